The van der Waals surface area contributed by atoms with E-state index in [1.165, 1.54) is 7.11 Å². The Balaban J connectivity index is 1.90. The average molecular weight is 399 g/mol. The Labute approximate surface area is 173 Å². The number of anilines is 1. The van der Waals surface area contributed by atoms with Crippen molar-refractivity contribution in [2.24, 2.45) is 0 Å². The fourth-order valence-electron chi connectivity index (χ4n) is 3.50. The van der Waals surface area contributed by atoms with Crippen molar-refractivity contribution in [1.82, 2.24) is 9.55 Å². The first-order chi connectivity index (χ1) is 14.6. The third-order valence-electron chi connectivity index (χ3n) is 4.98. The van der Waals surface area contributed by atoms with E-state index in [-0.39, 0.29) is 11.3 Å². The van der Waals surface area contributed by atoms with Crippen molar-refractivity contribution < 1.29 is 9.53 Å². The van der Waals surface area contributed by atoms with E-state index in [9.17, 15) is 9.59 Å². The van der Waals surface area contributed by atoms with Gasteiger partial charge in [0.2, 0.25) is 0 Å². The predicted molar refractivity (Wildman–Crippen MR) is 117 cm³/mol. The maximum atomic E-state index is 13.5. The number of amides is 1. The largest absolute Gasteiger partial charge is 0.495 e. The zero-order valence-corrected chi connectivity index (χ0v) is 16.8. The van der Waals surface area contributed by atoms with Gasteiger partial charge in [0.1, 0.15) is 17.1 Å². The van der Waals surface area contributed by atoms with Crippen molar-refractivity contribution in [2.75, 3.05) is 12.4 Å². The third kappa shape index (κ3) is 3.55. The summed E-state index contributed by atoms with van der Waals surface area (Å²) < 4.78 is 7.14. The van der Waals surface area contributed by atoms with Gasteiger partial charge in [-0.3, -0.25) is 9.59 Å². The van der Waals surface area contributed by atoms with E-state index in [4.69, 9.17) is 4.74 Å². The molecule has 2 aromatic heterocycles. The van der Waals surface area contributed by atoms with Crippen LogP contribution in [0.4, 0.5) is 5.82 Å². The Bertz CT molecular complexity index is 1280. The minimum absolute atomic E-state index is 0.0443. The number of nitrogens with zero attached hydrogens (tertiary/aromatic N) is 2. The van der Waals surface area contributed by atoms with Crippen LogP contribution in [0.5, 0.6) is 5.75 Å². The third-order valence-corrected chi connectivity index (χ3v) is 4.98. The normalized spacial score (nSPS) is 10.7. The van der Waals surface area contributed by atoms with Crippen molar-refractivity contribution in [1.29, 1.82) is 0 Å². The zero-order valence-electron chi connectivity index (χ0n) is 16.8. The molecule has 6 heteroatoms. The quantitative estimate of drug-likeness (QED) is 0.550. The Morgan fingerprint density at radius 2 is 1.77 bits per heavy atom. The standard InChI is InChI=1S/C24H21N3O3/c1-16-9-8-14-25-22(16)26-23(28)20-21(30-2)18-12-6-7-13-19(18)27(24(20)29)15-17-10-4-3-5-11-17/h3-14H,15H2,1-2H3,(H,25,26,28). The zero-order chi connectivity index (χ0) is 21.1. The van der Waals surface area contributed by atoms with Crippen LogP contribution in [0.15, 0.2) is 77.7 Å². The summed E-state index contributed by atoms with van der Waals surface area (Å²) in [4.78, 5) is 30.9. The molecule has 1 amide bonds. The maximum absolute atomic E-state index is 13.5. The second-order valence-electron chi connectivity index (χ2n) is 6.93. The fraction of sp³-hybridized carbons (Fsp3) is 0.125. The molecule has 1 N–H and O–H groups in total. The van der Waals surface area contributed by atoms with Gasteiger partial charge in [-0.05, 0) is 36.2 Å². The topological polar surface area (TPSA) is 73.2 Å². The number of methoxy groups -OCH3 is 1. The van der Waals surface area contributed by atoms with E-state index >= 15 is 0 Å². The lowest BCUT2D eigenvalue weighted by molar-refractivity contribution is 0.102. The number of benzene rings is 2. The molecule has 0 aliphatic heterocycles. The van der Waals surface area contributed by atoms with Crippen LogP contribution < -0.4 is 15.6 Å². The molecule has 0 fully saturated rings. The first-order valence-electron chi connectivity index (χ1n) is 9.56. The molecule has 0 saturated carbocycles. The molecule has 4 aromatic rings. The number of aromatic nitrogens is 2. The Morgan fingerprint density at radius 3 is 2.50 bits per heavy atom. The summed E-state index contributed by atoms with van der Waals surface area (Å²) in [6.07, 6.45) is 1.59. The second-order valence-corrected chi connectivity index (χ2v) is 6.93. The number of para-hydroxylation sites is 1. The number of carbonyl (C=O) groups excluding carboxylic acids is 1. The maximum Gasteiger partial charge on any atom is 0.268 e. The summed E-state index contributed by atoms with van der Waals surface area (Å²) in [6.45, 7) is 2.18. The van der Waals surface area contributed by atoms with Gasteiger partial charge in [0, 0.05) is 11.6 Å². The van der Waals surface area contributed by atoms with Gasteiger partial charge >= 0.3 is 0 Å². The number of hydrogen-bond donors (Lipinski definition) is 1. The Kier molecular flexibility index (Phi) is 5.30. The summed E-state index contributed by atoms with van der Waals surface area (Å²) in [7, 11) is 1.46. The fourth-order valence-corrected chi connectivity index (χ4v) is 3.50. The highest BCUT2D eigenvalue weighted by Gasteiger charge is 2.24. The molecule has 6 nitrogen and oxygen atoms in total. The SMILES string of the molecule is COc1c(C(=O)Nc2ncccc2C)c(=O)n(Cc2ccccc2)c2ccccc12. The molecule has 2 aromatic carbocycles. The molecule has 0 unspecified atom stereocenters. The van der Waals surface area contributed by atoms with Crippen LogP contribution in [0.2, 0.25) is 0 Å². The van der Waals surface area contributed by atoms with E-state index < -0.39 is 11.5 Å². The predicted octanol–water partition coefficient (Wildman–Crippen LogP) is 4.01. The first-order valence-corrected chi connectivity index (χ1v) is 9.56. The average Bonchev–Trinajstić information content (AvgIpc) is 2.77. The number of nitrogens with one attached hydrogen (secondary N) is 1. The summed E-state index contributed by atoms with van der Waals surface area (Å²) in [5.74, 6) is 0.115. The number of aryl methyl sites for hydroxylation is 1. The minimum Gasteiger partial charge on any atom is -0.495 e. The number of fused-ring (bicyclic) bond motifs is 1. The van der Waals surface area contributed by atoms with Gasteiger partial charge in [-0.15, -0.1) is 0 Å². The molecule has 30 heavy (non-hydrogen) atoms. The molecule has 0 aliphatic rings. The van der Waals surface area contributed by atoms with Gasteiger partial charge in [-0.2, -0.15) is 0 Å². The highest BCUT2D eigenvalue weighted by Crippen LogP contribution is 2.28. The first kappa shape index (κ1) is 19.4. The molecule has 150 valence electrons. The van der Waals surface area contributed by atoms with Crippen LogP contribution >= 0.6 is 0 Å². The van der Waals surface area contributed by atoms with E-state index in [2.05, 4.69) is 10.3 Å². The number of carbonyl (C=O) groups is 1. The highest BCUT2D eigenvalue weighted by molar-refractivity contribution is 6.09. The van der Waals surface area contributed by atoms with Crippen LogP contribution in [0.1, 0.15) is 21.5 Å². The lowest BCUT2D eigenvalue weighted by Crippen LogP contribution is -2.31. The van der Waals surface area contributed by atoms with Gasteiger partial charge in [-0.1, -0.05) is 48.5 Å². The van der Waals surface area contributed by atoms with Crippen molar-refractivity contribution in [2.45, 2.75) is 13.5 Å². The summed E-state index contributed by atoms with van der Waals surface area (Å²) in [5, 5.41) is 3.45. The smallest absolute Gasteiger partial charge is 0.268 e. The summed E-state index contributed by atoms with van der Waals surface area (Å²) >= 11 is 0. The van der Waals surface area contributed by atoms with E-state index in [1.54, 1.807) is 16.8 Å². The van der Waals surface area contributed by atoms with Crippen molar-refractivity contribution >= 4 is 22.6 Å². The highest BCUT2D eigenvalue weighted by atomic mass is 16.5. The molecule has 0 spiro atoms. The van der Waals surface area contributed by atoms with Crippen LogP contribution in [0.3, 0.4) is 0 Å². The molecule has 0 bridgehead atoms. The number of hydrogen-bond acceptors (Lipinski definition) is 4. The summed E-state index contributed by atoms with van der Waals surface area (Å²) in [5.41, 5.74) is 2.00. The molecule has 4 rings (SSSR count). The molecule has 0 saturated heterocycles. The second kappa shape index (κ2) is 8.21. The van der Waals surface area contributed by atoms with Gasteiger partial charge < -0.3 is 14.6 Å². The van der Waals surface area contributed by atoms with E-state index in [0.717, 1.165) is 11.1 Å². The summed E-state index contributed by atoms with van der Waals surface area (Å²) in [6, 6.07) is 20.7. The van der Waals surface area contributed by atoms with Crippen molar-refractivity contribution in [3.8, 4) is 5.75 Å². The monoisotopic (exact) mass is 399 g/mol. The van der Waals surface area contributed by atoms with Gasteiger partial charge in [0.25, 0.3) is 11.5 Å². The van der Waals surface area contributed by atoms with Crippen molar-refractivity contribution in [3.05, 3.63) is 100.0 Å². The van der Waals surface area contributed by atoms with E-state index in [0.29, 0.717) is 23.3 Å². The van der Waals surface area contributed by atoms with Crippen LogP contribution in [0, 0.1) is 6.92 Å². The van der Waals surface area contributed by atoms with Gasteiger partial charge in [0.05, 0.1) is 19.2 Å². The lowest BCUT2D eigenvalue weighted by Gasteiger charge is -2.17. The molecular formula is C24H21N3O3. The van der Waals surface area contributed by atoms with Crippen molar-refractivity contribution in [3.63, 3.8) is 0 Å². The molecule has 0 radical (unpaired) electrons. The lowest BCUT2D eigenvalue weighted by atomic mass is 10.1. The molecule has 2 heterocycles. The Morgan fingerprint density at radius 1 is 1.03 bits per heavy atom. The number of ether oxygens (including phenoxy) is 1. The van der Waals surface area contributed by atoms with Crippen LogP contribution in [-0.2, 0) is 6.54 Å². The van der Waals surface area contributed by atoms with Gasteiger partial charge in [0.15, 0.2) is 0 Å². The van der Waals surface area contributed by atoms with E-state index in [1.807, 2.05) is 67.6 Å². The molecular weight excluding hydrogens is 378 g/mol. The van der Waals surface area contributed by atoms with Crippen LogP contribution in [-0.4, -0.2) is 22.6 Å². The van der Waals surface area contributed by atoms with Gasteiger partial charge in [-0.25, -0.2) is 4.98 Å². The number of pyridine rings is 2. The Hall–Kier alpha value is -3.93. The minimum atomic E-state index is -0.550. The number of rotatable bonds is 5. The molecule has 0 atom stereocenters. The molecule has 0 aliphatic carbocycles. The van der Waals surface area contributed by atoms with Crippen LogP contribution in [0.25, 0.3) is 10.9 Å².